The number of rotatable bonds is 4. The Morgan fingerprint density at radius 1 is 1.12 bits per heavy atom. The number of benzene rings is 3. The number of nitrogens with zero attached hydrogens (tertiary/aromatic N) is 2. The Morgan fingerprint density at radius 3 is 2.72 bits per heavy atom. The molecule has 6 nitrogen and oxygen atoms in total. The monoisotopic (exact) mass is 431 g/mol. The van der Waals surface area contributed by atoms with Crippen LogP contribution in [0.15, 0.2) is 71.1 Å². The molecule has 4 aromatic rings. The topological polar surface area (TPSA) is 67.6 Å². The average Bonchev–Trinajstić information content (AvgIpc) is 3.45. The van der Waals surface area contributed by atoms with Crippen LogP contribution in [-0.2, 0) is 0 Å². The van der Waals surface area contributed by atoms with Gasteiger partial charge in [-0.3, -0.25) is 0 Å². The lowest BCUT2D eigenvalue weighted by Gasteiger charge is -2.22. The van der Waals surface area contributed by atoms with Gasteiger partial charge in [0.05, 0.1) is 7.11 Å². The van der Waals surface area contributed by atoms with Gasteiger partial charge in [0.1, 0.15) is 23.1 Å². The largest absolute Gasteiger partial charge is 0.497 e. The quantitative estimate of drug-likeness (QED) is 0.430. The lowest BCUT2D eigenvalue weighted by Crippen LogP contribution is -2.34. The molecule has 0 spiro atoms. The normalized spacial score (nSPS) is 15.8. The molecule has 7 heteroatoms. The summed E-state index contributed by atoms with van der Waals surface area (Å²) in [5.74, 6) is 0.919. The van der Waals surface area contributed by atoms with E-state index in [0.29, 0.717) is 23.7 Å². The minimum Gasteiger partial charge on any atom is -0.497 e. The maximum atomic E-state index is 13.5. The van der Waals surface area contributed by atoms with Crippen LogP contribution in [0.5, 0.6) is 5.75 Å². The van der Waals surface area contributed by atoms with Crippen molar-refractivity contribution < 1.29 is 18.3 Å². The van der Waals surface area contributed by atoms with Crippen LogP contribution in [0, 0.1) is 5.82 Å². The molecular weight excluding hydrogens is 409 g/mol. The van der Waals surface area contributed by atoms with E-state index in [0.717, 1.165) is 35.2 Å². The van der Waals surface area contributed by atoms with Crippen LogP contribution in [0.3, 0.4) is 0 Å². The molecule has 0 radical (unpaired) electrons. The van der Waals surface area contributed by atoms with E-state index in [9.17, 15) is 9.18 Å². The van der Waals surface area contributed by atoms with E-state index in [2.05, 4.69) is 5.32 Å². The zero-order valence-electron chi connectivity index (χ0n) is 17.5. The van der Waals surface area contributed by atoms with Crippen molar-refractivity contribution in [2.45, 2.75) is 18.9 Å². The van der Waals surface area contributed by atoms with Gasteiger partial charge in [0.15, 0.2) is 5.58 Å². The molecule has 1 saturated heterocycles. The third-order valence-corrected chi connectivity index (χ3v) is 5.70. The smallest absolute Gasteiger partial charge is 0.322 e. The average molecular weight is 431 g/mol. The Balaban J connectivity index is 1.38. The molecule has 0 bridgehead atoms. The van der Waals surface area contributed by atoms with Gasteiger partial charge in [0.2, 0.25) is 5.89 Å². The highest BCUT2D eigenvalue weighted by Crippen LogP contribution is 2.35. The first-order valence-corrected chi connectivity index (χ1v) is 10.5. The minimum atomic E-state index is -0.396. The number of oxazole rings is 1. The van der Waals surface area contributed by atoms with Gasteiger partial charge in [-0.2, -0.15) is 0 Å². The van der Waals surface area contributed by atoms with E-state index in [-0.39, 0.29) is 12.1 Å². The summed E-state index contributed by atoms with van der Waals surface area (Å²) in [6, 6.07) is 19.0. The zero-order valence-corrected chi connectivity index (χ0v) is 17.5. The lowest BCUT2D eigenvalue weighted by molar-refractivity contribution is 0.199. The molecule has 0 saturated carbocycles. The number of halogens is 1. The van der Waals surface area contributed by atoms with Crippen LogP contribution in [0.1, 0.15) is 24.8 Å². The summed E-state index contributed by atoms with van der Waals surface area (Å²) in [6.45, 7) is 0.585. The first kappa shape index (κ1) is 20.1. The van der Waals surface area contributed by atoms with Gasteiger partial charge in [-0.05, 0) is 66.4 Å². The van der Waals surface area contributed by atoms with Gasteiger partial charge in [0, 0.05) is 12.2 Å². The first-order chi connectivity index (χ1) is 15.6. The number of fused-ring (bicyclic) bond motifs is 1. The van der Waals surface area contributed by atoms with Crippen LogP contribution >= 0.6 is 0 Å². The molecule has 1 fully saturated rings. The lowest BCUT2D eigenvalue weighted by atomic mass is 10.1. The number of urea groups is 1. The molecule has 1 N–H and O–H groups in total. The fraction of sp³-hybridized carbons (Fsp3) is 0.200. The molecular formula is C25H22FN3O3. The van der Waals surface area contributed by atoms with Crippen LogP contribution < -0.4 is 10.1 Å². The molecule has 2 amide bonds. The molecule has 5 rings (SSSR count). The molecule has 1 aliphatic heterocycles. The fourth-order valence-electron chi connectivity index (χ4n) is 4.08. The highest BCUT2D eigenvalue weighted by atomic mass is 19.1. The Hall–Kier alpha value is -3.87. The summed E-state index contributed by atoms with van der Waals surface area (Å²) in [5, 5.41) is 2.77. The molecule has 32 heavy (non-hydrogen) atoms. The number of carbonyl (C=O) groups excluding carboxylic acids is 1. The molecule has 162 valence electrons. The van der Waals surface area contributed by atoms with Crippen molar-refractivity contribution in [2.24, 2.45) is 0 Å². The predicted octanol–water partition coefficient (Wildman–Crippen LogP) is 6.01. The van der Waals surface area contributed by atoms with Crippen molar-refractivity contribution in [3.63, 3.8) is 0 Å². The second-order valence-electron chi connectivity index (χ2n) is 7.76. The van der Waals surface area contributed by atoms with E-state index < -0.39 is 5.82 Å². The minimum absolute atomic E-state index is 0.264. The number of hydrogen-bond donors (Lipinski definition) is 1. The summed E-state index contributed by atoms with van der Waals surface area (Å²) in [6.07, 6.45) is 1.60. The predicted molar refractivity (Wildman–Crippen MR) is 120 cm³/mol. The van der Waals surface area contributed by atoms with E-state index in [1.54, 1.807) is 24.1 Å². The summed E-state index contributed by atoms with van der Waals surface area (Å²) in [7, 11) is 1.64. The standard InChI is InChI=1S/C25H22FN3O3/c1-31-20-10-7-16(8-11-20)17-9-12-23-21(14-17)28-24(32-23)22-6-3-13-29(22)25(30)27-19-5-2-4-18(26)15-19/h2,4-5,7-12,14-15,22H,3,6,13H2,1H3,(H,27,30)/t22-/m0/s1. The van der Waals surface area contributed by atoms with Crippen molar-refractivity contribution in [3.05, 3.63) is 78.4 Å². The zero-order chi connectivity index (χ0) is 22.1. The second kappa shape index (κ2) is 8.34. The van der Waals surface area contributed by atoms with Crippen molar-refractivity contribution in [1.82, 2.24) is 9.88 Å². The van der Waals surface area contributed by atoms with E-state index >= 15 is 0 Å². The van der Waals surface area contributed by atoms with Crippen molar-refractivity contribution >= 4 is 22.8 Å². The molecule has 3 aromatic carbocycles. The third-order valence-electron chi connectivity index (χ3n) is 5.70. The highest BCUT2D eigenvalue weighted by Gasteiger charge is 2.33. The van der Waals surface area contributed by atoms with Crippen LogP contribution in [0.2, 0.25) is 0 Å². The maximum Gasteiger partial charge on any atom is 0.322 e. The summed E-state index contributed by atoms with van der Waals surface area (Å²) in [5.41, 5.74) is 3.91. The Kier molecular flexibility index (Phi) is 5.23. The molecule has 0 unspecified atom stereocenters. The molecule has 1 atom stereocenters. The van der Waals surface area contributed by atoms with Gasteiger partial charge < -0.3 is 19.4 Å². The number of likely N-dealkylation sites (tertiary alicyclic amines) is 1. The fourth-order valence-corrected chi connectivity index (χ4v) is 4.08. The number of ether oxygens (including phenoxy) is 1. The van der Waals surface area contributed by atoms with E-state index in [1.165, 1.54) is 12.1 Å². The number of methoxy groups -OCH3 is 1. The highest BCUT2D eigenvalue weighted by molar-refractivity contribution is 5.90. The van der Waals surface area contributed by atoms with Crippen LogP contribution in [-0.4, -0.2) is 29.6 Å². The van der Waals surface area contributed by atoms with Crippen molar-refractivity contribution in [3.8, 4) is 16.9 Å². The van der Waals surface area contributed by atoms with Gasteiger partial charge >= 0.3 is 6.03 Å². The van der Waals surface area contributed by atoms with Crippen LogP contribution in [0.25, 0.3) is 22.2 Å². The SMILES string of the molecule is COc1ccc(-c2ccc3oc([C@@H]4CCCN4C(=O)Nc4cccc(F)c4)nc3c2)cc1. The van der Waals surface area contributed by atoms with Crippen molar-refractivity contribution in [2.75, 3.05) is 19.0 Å². The summed E-state index contributed by atoms with van der Waals surface area (Å²) in [4.78, 5) is 19.2. The second-order valence-corrected chi connectivity index (χ2v) is 7.76. The van der Waals surface area contributed by atoms with E-state index in [1.807, 2.05) is 42.5 Å². The van der Waals surface area contributed by atoms with Gasteiger partial charge in [-0.1, -0.05) is 24.3 Å². The Morgan fingerprint density at radius 2 is 1.94 bits per heavy atom. The van der Waals surface area contributed by atoms with Crippen LogP contribution in [0.4, 0.5) is 14.9 Å². The van der Waals surface area contributed by atoms with Gasteiger partial charge in [0.25, 0.3) is 0 Å². The molecule has 1 aromatic heterocycles. The molecule has 1 aliphatic rings. The van der Waals surface area contributed by atoms with Gasteiger partial charge in [-0.15, -0.1) is 0 Å². The van der Waals surface area contributed by atoms with E-state index in [4.69, 9.17) is 14.1 Å². The summed E-state index contributed by atoms with van der Waals surface area (Å²) < 4.78 is 24.7. The number of hydrogen-bond acceptors (Lipinski definition) is 4. The first-order valence-electron chi connectivity index (χ1n) is 10.5. The number of amides is 2. The summed E-state index contributed by atoms with van der Waals surface area (Å²) >= 11 is 0. The third kappa shape index (κ3) is 3.89. The van der Waals surface area contributed by atoms with Crippen molar-refractivity contribution in [1.29, 1.82) is 0 Å². The molecule has 0 aliphatic carbocycles. The van der Waals surface area contributed by atoms with Gasteiger partial charge in [-0.25, -0.2) is 14.2 Å². The Bertz CT molecular complexity index is 1270. The number of aromatic nitrogens is 1. The number of carbonyl (C=O) groups is 1. The maximum absolute atomic E-state index is 13.5. The number of nitrogens with one attached hydrogen (secondary N) is 1. The Labute approximate surface area is 184 Å². The number of anilines is 1. The molecule has 2 heterocycles.